The molecule has 0 unspecified atom stereocenters. The number of aromatic nitrogens is 3. The van der Waals surface area contributed by atoms with E-state index in [9.17, 15) is 18.0 Å². The van der Waals surface area contributed by atoms with Gasteiger partial charge in [0.2, 0.25) is 5.91 Å². The smallest absolute Gasteiger partial charge is 0.343 e. The summed E-state index contributed by atoms with van der Waals surface area (Å²) in [5.41, 5.74) is 1.67. The summed E-state index contributed by atoms with van der Waals surface area (Å²) in [6.45, 7) is 3.24. The third-order valence-electron chi connectivity index (χ3n) is 5.61. The molecular formula is C23H25F3N6OS. The Hall–Kier alpha value is -3.21. The molecular weight excluding hydrogens is 465 g/mol. The lowest BCUT2D eigenvalue weighted by Gasteiger charge is -2.38. The van der Waals surface area contributed by atoms with Gasteiger partial charge in [0.15, 0.2) is 5.13 Å². The second kappa shape index (κ2) is 9.96. The molecule has 34 heavy (non-hydrogen) atoms. The molecule has 0 atom stereocenters. The van der Waals surface area contributed by atoms with Crippen LogP contribution in [0.1, 0.15) is 25.3 Å². The summed E-state index contributed by atoms with van der Waals surface area (Å²) in [5.74, 6) is 1.18. The van der Waals surface area contributed by atoms with Crippen LogP contribution < -0.4 is 10.2 Å². The second-order valence-electron chi connectivity index (χ2n) is 8.24. The number of halogens is 3. The second-order valence-corrected chi connectivity index (χ2v) is 9.25. The number of carbonyl (C=O) groups excluding carboxylic acids is 1. The average molecular weight is 491 g/mol. The number of carbonyl (C=O) groups is 1. The normalized spacial score (nSPS) is 14.8. The molecule has 0 spiro atoms. The topological polar surface area (TPSA) is 74.2 Å². The van der Waals surface area contributed by atoms with Crippen LogP contribution in [0.2, 0.25) is 0 Å². The third-order valence-corrected chi connectivity index (χ3v) is 6.67. The van der Waals surface area contributed by atoms with Gasteiger partial charge >= 0.3 is 6.18 Å². The predicted octanol–water partition coefficient (Wildman–Crippen LogP) is 5.03. The van der Waals surface area contributed by atoms with Crippen molar-refractivity contribution in [3.8, 4) is 10.6 Å². The first kappa shape index (κ1) is 23.9. The van der Waals surface area contributed by atoms with Crippen LogP contribution in [-0.2, 0) is 4.79 Å². The number of pyridine rings is 2. The zero-order chi connectivity index (χ0) is 24.3. The molecule has 1 N–H and O–H groups in total. The summed E-state index contributed by atoms with van der Waals surface area (Å²) in [5, 5.41) is 3.45. The van der Waals surface area contributed by atoms with Gasteiger partial charge in [0.05, 0.1) is 10.6 Å². The standard InChI is InChI=1S/C23H25F3N6OS/c1-15-6-9-27-21(12-15)30-20-5-3-4-18(29-20)19-13-28-22(34-19)32(14-23(24,25)26)17-7-10-31(11-8-17)16(2)33/h3-6,9,12-13,17H,7-8,10-11,14H2,1-2H3,(H,27,29,30). The molecule has 0 saturated carbocycles. The Kier molecular flexibility index (Phi) is 7.01. The first-order valence-electron chi connectivity index (χ1n) is 10.9. The summed E-state index contributed by atoms with van der Waals surface area (Å²) in [4.78, 5) is 28.4. The summed E-state index contributed by atoms with van der Waals surface area (Å²) >= 11 is 1.18. The molecule has 0 bridgehead atoms. The molecule has 180 valence electrons. The van der Waals surface area contributed by atoms with Crippen molar-refractivity contribution in [3.05, 3.63) is 48.3 Å². The van der Waals surface area contributed by atoms with Crippen molar-refractivity contribution in [1.29, 1.82) is 0 Å². The molecule has 1 fully saturated rings. The van der Waals surface area contributed by atoms with Gasteiger partial charge in [0.1, 0.15) is 18.2 Å². The fourth-order valence-corrected chi connectivity index (χ4v) is 4.89. The van der Waals surface area contributed by atoms with E-state index in [1.165, 1.54) is 23.2 Å². The number of thiazole rings is 1. The number of nitrogens with one attached hydrogen (secondary N) is 1. The van der Waals surface area contributed by atoms with E-state index in [4.69, 9.17) is 0 Å². The number of rotatable bonds is 6. The molecule has 1 aliphatic rings. The van der Waals surface area contributed by atoms with Gasteiger partial charge in [-0.15, -0.1) is 0 Å². The minimum atomic E-state index is -4.37. The van der Waals surface area contributed by atoms with E-state index < -0.39 is 12.7 Å². The number of likely N-dealkylation sites (tertiary alicyclic amines) is 1. The minimum absolute atomic E-state index is 0.0576. The number of hydrogen-bond donors (Lipinski definition) is 1. The molecule has 0 aromatic carbocycles. The molecule has 11 heteroatoms. The number of amides is 1. The number of anilines is 3. The van der Waals surface area contributed by atoms with Gasteiger partial charge in [-0.05, 0) is 49.6 Å². The highest BCUT2D eigenvalue weighted by atomic mass is 32.1. The molecule has 4 heterocycles. The average Bonchev–Trinajstić information content (AvgIpc) is 3.27. The highest BCUT2D eigenvalue weighted by molar-refractivity contribution is 7.18. The monoisotopic (exact) mass is 490 g/mol. The Balaban J connectivity index is 1.54. The Labute approximate surface area is 199 Å². The Morgan fingerprint density at radius 2 is 1.97 bits per heavy atom. The van der Waals surface area contributed by atoms with Crippen molar-refractivity contribution in [2.75, 3.05) is 29.9 Å². The van der Waals surface area contributed by atoms with E-state index in [0.717, 1.165) is 5.56 Å². The van der Waals surface area contributed by atoms with Crippen LogP contribution in [0.5, 0.6) is 0 Å². The number of piperidine rings is 1. The van der Waals surface area contributed by atoms with E-state index in [1.807, 2.05) is 25.1 Å². The SMILES string of the molecule is CC(=O)N1CCC(N(CC(F)(F)F)c2ncc(-c3cccc(Nc4cc(C)ccn4)n3)s2)CC1. The Morgan fingerprint density at radius 1 is 1.21 bits per heavy atom. The quantitative estimate of drug-likeness (QED) is 0.522. The van der Waals surface area contributed by atoms with Gasteiger partial charge in [-0.1, -0.05) is 17.4 Å². The van der Waals surface area contributed by atoms with E-state index in [-0.39, 0.29) is 11.9 Å². The van der Waals surface area contributed by atoms with Gasteiger partial charge in [-0.25, -0.2) is 15.0 Å². The third kappa shape index (κ3) is 6.02. The first-order chi connectivity index (χ1) is 16.2. The number of aryl methyl sites for hydroxylation is 1. The van der Waals surface area contributed by atoms with Crippen LogP contribution in [0, 0.1) is 6.92 Å². The lowest BCUT2D eigenvalue weighted by Crippen LogP contribution is -2.49. The highest BCUT2D eigenvalue weighted by Gasteiger charge is 2.37. The maximum atomic E-state index is 13.4. The van der Waals surface area contributed by atoms with Crippen LogP contribution in [0.3, 0.4) is 0 Å². The largest absolute Gasteiger partial charge is 0.406 e. The molecule has 0 aliphatic carbocycles. The molecule has 0 radical (unpaired) electrons. The van der Waals surface area contributed by atoms with Crippen molar-refractivity contribution < 1.29 is 18.0 Å². The molecule has 3 aromatic rings. The van der Waals surface area contributed by atoms with Gasteiger partial charge in [-0.2, -0.15) is 13.2 Å². The van der Waals surface area contributed by atoms with Crippen LogP contribution in [0.15, 0.2) is 42.7 Å². The Morgan fingerprint density at radius 3 is 2.65 bits per heavy atom. The molecule has 1 amide bonds. The van der Waals surface area contributed by atoms with Gasteiger partial charge < -0.3 is 15.1 Å². The zero-order valence-electron chi connectivity index (χ0n) is 18.8. The van der Waals surface area contributed by atoms with Crippen molar-refractivity contribution in [2.24, 2.45) is 0 Å². The summed E-state index contributed by atoms with van der Waals surface area (Å²) in [6.07, 6.45) is -0.178. The van der Waals surface area contributed by atoms with Gasteiger partial charge in [0, 0.05) is 38.4 Å². The summed E-state index contributed by atoms with van der Waals surface area (Å²) < 4.78 is 40.2. The molecule has 1 saturated heterocycles. The van der Waals surface area contributed by atoms with Crippen molar-refractivity contribution in [3.63, 3.8) is 0 Å². The first-order valence-corrected chi connectivity index (χ1v) is 11.7. The maximum absolute atomic E-state index is 13.4. The fraction of sp³-hybridized carbons (Fsp3) is 0.391. The van der Waals surface area contributed by atoms with E-state index in [2.05, 4.69) is 20.3 Å². The van der Waals surface area contributed by atoms with Gasteiger partial charge in [0.25, 0.3) is 0 Å². The lowest BCUT2D eigenvalue weighted by atomic mass is 10.0. The van der Waals surface area contributed by atoms with E-state index >= 15 is 0 Å². The highest BCUT2D eigenvalue weighted by Crippen LogP contribution is 2.35. The number of alkyl halides is 3. The van der Waals surface area contributed by atoms with Crippen molar-refractivity contribution >= 4 is 34.0 Å². The summed E-state index contributed by atoms with van der Waals surface area (Å²) in [6, 6.07) is 8.87. The Bertz CT molecular complexity index is 1140. The van der Waals surface area contributed by atoms with E-state index in [1.54, 1.807) is 29.4 Å². The number of nitrogens with zero attached hydrogens (tertiary/aromatic N) is 5. The molecule has 7 nitrogen and oxygen atoms in total. The molecule has 4 rings (SSSR count). The fourth-order valence-electron chi connectivity index (χ4n) is 3.93. The van der Waals surface area contributed by atoms with Gasteiger partial charge in [-0.3, -0.25) is 4.79 Å². The van der Waals surface area contributed by atoms with Crippen LogP contribution >= 0.6 is 11.3 Å². The van der Waals surface area contributed by atoms with Crippen molar-refractivity contribution in [1.82, 2.24) is 19.9 Å². The molecule has 3 aromatic heterocycles. The lowest BCUT2D eigenvalue weighted by molar-refractivity contribution is -0.131. The van der Waals surface area contributed by atoms with Crippen LogP contribution in [-0.4, -0.2) is 57.6 Å². The van der Waals surface area contributed by atoms with Crippen LogP contribution in [0.25, 0.3) is 10.6 Å². The maximum Gasteiger partial charge on any atom is 0.406 e. The van der Waals surface area contributed by atoms with Crippen molar-refractivity contribution in [2.45, 2.75) is 38.9 Å². The van der Waals surface area contributed by atoms with E-state index in [0.29, 0.717) is 53.3 Å². The predicted molar refractivity (Wildman–Crippen MR) is 126 cm³/mol. The summed E-state index contributed by atoms with van der Waals surface area (Å²) in [7, 11) is 0. The molecule has 1 aliphatic heterocycles. The van der Waals surface area contributed by atoms with Crippen LogP contribution in [0.4, 0.5) is 29.9 Å². The number of hydrogen-bond acceptors (Lipinski definition) is 7. The zero-order valence-corrected chi connectivity index (χ0v) is 19.7. The minimum Gasteiger partial charge on any atom is -0.343 e.